The fraction of sp³-hybridized carbons (Fsp3) is 0.600. The molecule has 1 aromatic rings. The Bertz CT molecular complexity index is 435. The highest BCUT2D eigenvalue weighted by molar-refractivity contribution is 9.10. The minimum Gasteiger partial charge on any atom is -0.382 e. The van der Waals surface area contributed by atoms with Crippen molar-refractivity contribution in [2.24, 2.45) is 11.8 Å². The third-order valence-corrected chi connectivity index (χ3v) is 5.23. The maximum absolute atomic E-state index is 5.31. The largest absolute Gasteiger partial charge is 0.382 e. The molecule has 0 spiro atoms. The number of benzene rings is 1. The van der Waals surface area contributed by atoms with Gasteiger partial charge >= 0.3 is 0 Å². The van der Waals surface area contributed by atoms with E-state index in [9.17, 15) is 0 Å². The highest BCUT2D eigenvalue weighted by Crippen LogP contribution is 2.46. The molecule has 1 aromatic carbocycles. The minimum absolute atomic E-state index is 0.657. The van der Waals surface area contributed by atoms with E-state index in [0.29, 0.717) is 12.6 Å². The van der Waals surface area contributed by atoms with Gasteiger partial charge in [0.2, 0.25) is 0 Å². The lowest BCUT2D eigenvalue weighted by atomic mass is 9.95. The zero-order chi connectivity index (χ0) is 12.5. The normalized spacial score (nSPS) is 29.8. The van der Waals surface area contributed by atoms with Crippen molar-refractivity contribution in [3.8, 4) is 0 Å². The Morgan fingerprint density at radius 3 is 2.89 bits per heavy atom. The van der Waals surface area contributed by atoms with Crippen molar-refractivity contribution in [3.05, 3.63) is 28.2 Å². The average molecular weight is 310 g/mol. The van der Waals surface area contributed by atoms with Crippen molar-refractivity contribution >= 4 is 21.6 Å². The lowest BCUT2D eigenvalue weighted by Crippen LogP contribution is -2.26. The molecule has 3 unspecified atom stereocenters. The molecule has 0 aliphatic heterocycles. The Labute approximate surface area is 117 Å². The predicted octanol–water partition coefficient (Wildman–Crippen LogP) is 4.20. The summed E-state index contributed by atoms with van der Waals surface area (Å²) in [7, 11) is 1.75. The van der Waals surface area contributed by atoms with Gasteiger partial charge in [0, 0.05) is 28.9 Å². The lowest BCUT2D eigenvalue weighted by molar-refractivity contribution is 0.184. The SMILES string of the molecule is COCc1c(Br)cccc1NC1CC2CCC1C2. The van der Waals surface area contributed by atoms with Crippen LogP contribution in [0.5, 0.6) is 0 Å². The molecule has 0 amide bonds. The van der Waals surface area contributed by atoms with Crippen LogP contribution in [-0.4, -0.2) is 13.2 Å². The predicted molar refractivity (Wildman–Crippen MR) is 77.7 cm³/mol. The molecule has 98 valence electrons. The number of halogens is 1. The van der Waals surface area contributed by atoms with Gasteiger partial charge in [-0.15, -0.1) is 0 Å². The van der Waals surface area contributed by atoms with E-state index in [-0.39, 0.29) is 0 Å². The smallest absolute Gasteiger partial charge is 0.0744 e. The third-order valence-electron chi connectivity index (χ3n) is 4.49. The fourth-order valence-corrected chi connectivity index (χ4v) is 4.09. The number of rotatable bonds is 4. The number of hydrogen-bond donors (Lipinski definition) is 1. The summed E-state index contributed by atoms with van der Waals surface area (Å²) in [6, 6.07) is 7.03. The second kappa shape index (κ2) is 5.22. The second-order valence-corrected chi connectivity index (χ2v) is 6.48. The van der Waals surface area contributed by atoms with E-state index in [2.05, 4.69) is 39.4 Å². The highest BCUT2D eigenvalue weighted by Gasteiger charge is 2.39. The molecular formula is C15H20BrNO. The minimum atomic E-state index is 0.657. The van der Waals surface area contributed by atoms with Crippen LogP contribution < -0.4 is 5.32 Å². The maximum atomic E-state index is 5.31. The van der Waals surface area contributed by atoms with Crippen molar-refractivity contribution in [3.63, 3.8) is 0 Å². The molecule has 3 heteroatoms. The number of fused-ring (bicyclic) bond motifs is 2. The quantitative estimate of drug-likeness (QED) is 0.900. The molecule has 18 heavy (non-hydrogen) atoms. The fourth-order valence-electron chi connectivity index (χ4n) is 3.61. The van der Waals surface area contributed by atoms with Gasteiger partial charge in [-0.05, 0) is 43.2 Å². The standard InChI is InChI=1S/C15H20BrNO/c1-18-9-12-13(16)3-2-4-14(12)17-15-8-10-5-6-11(15)7-10/h2-4,10-11,15,17H,5-9H2,1H3. The highest BCUT2D eigenvalue weighted by atomic mass is 79.9. The van der Waals surface area contributed by atoms with E-state index in [0.717, 1.165) is 16.3 Å². The Hall–Kier alpha value is -0.540. The van der Waals surface area contributed by atoms with Gasteiger partial charge in [0.05, 0.1) is 6.61 Å². The number of ether oxygens (including phenoxy) is 1. The molecule has 2 bridgehead atoms. The molecule has 2 saturated carbocycles. The molecule has 2 fully saturated rings. The molecular weight excluding hydrogens is 290 g/mol. The molecule has 1 N–H and O–H groups in total. The van der Waals surface area contributed by atoms with Crippen LogP contribution >= 0.6 is 15.9 Å². The summed E-state index contributed by atoms with van der Waals surface area (Å²) in [5.41, 5.74) is 2.48. The van der Waals surface area contributed by atoms with Crippen LogP contribution in [0.4, 0.5) is 5.69 Å². The Morgan fingerprint density at radius 2 is 2.22 bits per heavy atom. The summed E-state index contributed by atoms with van der Waals surface area (Å²) >= 11 is 3.62. The number of nitrogens with one attached hydrogen (secondary N) is 1. The van der Waals surface area contributed by atoms with E-state index in [4.69, 9.17) is 4.74 Å². The number of methoxy groups -OCH3 is 1. The first kappa shape index (κ1) is 12.5. The van der Waals surface area contributed by atoms with E-state index >= 15 is 0 Å². The molecule has 2 nitrogen and oxygen atoms in total. The van der Waals surface area contributed by atoms with E-state index in [1.165, 1.54) is 36.9 Å². The van der Waals surface area contributed by atoms with Crippen LogP contribution in [0.3, 0.4) is 0 Å². The Balaban J connectivity index is 1.78. The van der Waals surface area contributed by atoms with Gasteiger partial charge in [-0.3, -0.25) is 0 Å². The lowest BCUT2D eigenvalue weighted by Gasteiger charge is -2.25. The van der Waals surface area contributed by atoms with Crippen molar-refractivity contribution in [1.82, 2.24) is 0 Å². The first-order chi connectivity index (χ1) is 8.78. The molecule has 2 aliphatic rings. The van der Waals surface area contributed by atoms with Gasteiger partial charge in [-0.1, -0.05) is 28.4 Å². The van der Waals surface area contributed by atoms with Crippen LogP contribution in [0.1, 0.15) is 31.2 Å². The summed E-state index contributed by atoms with van der Waals surface area (Å²) < 4.78 is 6.44. The van der Waals surface area contributed by atoms with E-state index in [1.54, 1.807) is 7.11 Å². The van der Waals surface area contributed by atoms with Gasteiger partial charge in [0.15, 0.2) is 0 Å². The summed E-state index contributed by atoms with van der Waals surface area (Å²) in [5.74, 6) is 1.87. The van der Waals surface area contributed by atoms with Crippen LogP contribution in [0, 0.1) is 11.8 Å². The number of anilines is 1. The van der Waals surface area contributed by atoms with Crippen molar-refractivity contribution in [2.75, 3.05) is 12.4 Å². The van der Waals surface area contributed by atoms with E-state index in [1.807, 2.05) is 0 Å². The van der Waals surface area contributed by atoms with Crippen LogP contribution in [0.15, 0.2) is 22.7 Å². The summed E-state index contributed by atoms with van der Waals surface area (Å²) in [5, 5.41) is 3.76. The number of hydrogen-bond acceptors (Lipinski definition) is 2. The van der Waals surface area contributed by atoms with Gasteiger partial charge in [0.1, 0.15) is 0 Å². The van der Waals surface area contributed by atoms with Crippen LogP contribution in [0.2, 0.25) is 0 Å². The zero-order valence-corrected chi connectivity index (χ0v) is 12.4. The average Bonchev–Trinajstić information content (AvgIpc) is 2.96. The van der Waals surface area contributed by atoms with Crippen LogP contribution in [0.25, 0.3) is 0 Å². The third kappa shape index (κ3) is 2.30. The topological polar surface area (TPSA) is 21.3 Å². The second-order valence-electron chi connectivity index (χ2n) is 5.62. The summed E-state index contributed by atoms with van der Waals surface area (Å²) in [6.07, 6.45) is 5.65. The molecule has 0 radical (unpaired) electrons. The molecule has 0 aromatic heterocycles. The van der Waals surface area contributed by atoms with E-state index < -0.39 is 0 Å². The zero-order valence-electron chi connectivity index (χ0n) is 10.8. The van der Waals surface area contributed by atoms with Crippen molar-refractivity contribution in [2.45, 2.75) is 38.3 Å². The first-order valence-corrected chi connectivity index (χ1v) is 7.60. The van der Waals surface area contributed by atoms with Gasteiger partial charge < -0.3 is 10.1 Å². The van der Waals surface area contributed by atoms with Crippen LogP contribution in [-0.2, 0) is 11.3 Å². The summed E-state index contributed by atoms with van der Waals surface area (Å²) in [6.45, 7) is 0.657. The molecule has 2 aliphatic carbocycles. The maximum Gasteiger partial charge on any atom is 0.0744 e. The van der Waals surface area contributed by atoms with Gasteiger partial charge in [-0.25, -0.2) is 0 Å². The van der Waals surface area contributed by atoms with Gasteiger partial charge in [0.25, 0.3) is 0 Å². The Kier molecular flexibility index (Phi) is 3.62. The van der Waals surface area contributed by atoms with Crippen molar-refractivity contribution in [1.29, 1.82) is 0 Å². The molecule has 0 heterocycles. The first-order valence-electron chi connectivity index (χ1n) is 6.80. The molecule has 3 rings (SSSR count). The van der Waals surface area contributed by atoms with Gasteiger partial charge in [-0.2, -0.15) is 0 Å². The molecule has 3 atom stereocenters. The van der Waals surface area contributed by atoms with Crippen molar-refractivity contribution < 1.29 is 4.74 Å². The Morgan fingerprint density at radius 1 is 1.33 bits per heavy atom. The summed E-state index contributed by atoms with van der Waals surface area (Å²) in [4.78, 5) is 0. The monoisotopic (exact) mass is 309 g/mol. The molecule has 0 saturated heterocycles.